The number of nitrogens with zero attached hydrogens (tertiary/aromatic N) is 6. The Balaban J connectivity index is 1.69. The number of halogens is 1. The molecule has 0 amide bonds. The number of hydrogen-bond acceptors (Lipinski definition) is 6. The molecule has 150 valence electrons. The Morgan fingerprint density at radius 1 is 1.23 bits per heavy atom. The lowest BCUT2D eigenvalue weighted by atomic mass is 10.1. The van der Waals surface area contributed by atoms with E-state index in [0.29, 0.717) is 41.1 Å². The van der Waals surface area contributed by atoms with Gasteiger partial charge in [-0.25, -0.2) is 4.98 Å². The van der Waals surface area contributed by atoms with E-state index in [1.807, 2.05) is 27.3 Å². The Kier molecular flexibility index (Phi) is 4.50. The fraction of sp³-hybridized carbons (Fsp3) is 0.200. The van der Waals surface area contributed by atoms with E-state index in [1.165, 1.54) is 0 Å². The summed E-state index contributed by atoms with van der Waals surface area (Å²) in [6.45, 7) is 0.824. The molecule has 4 heterocycles. The van der Waals surface area contributed by atoms with E-state index >= 15 is 0 Å². The van der Waals surface area contributed by atoms with Crippen molar-refractivity contribution in [3.63, 3.8) is 0 Å². The first-order chi connectivity index (χ1) is 14.7. The van der Waals surface area contributed by atoms with Gasteiger partial charge in [-0.15, -0.1) is 15.3 Å². The number of benzene rings is 1. The Labute approximate surface area is 176 Å². The molecule has 3 aromatic heterocycles. The Hall–Kier alpha value is -3.61. The topological polar surface area (TPSA) is 95.7 Å². The van der Waals surface area contributed by atoms with Crippen molar-refractivity contribution in [2.24, 2.45) is 0 Å². The summed E-state index contributed by atoms with van der Waals surface area (Å²) in [5, 5.41) is 16.1. The van der Waals surface area contributed by atoms with E-state index in [4.69, 9.17) is 21.1 Å². The van der Waals surface area contributed by atoms with E-state index in [1.54, 1.807) is 26.7 Å². The summed E-state index contributed by atoms with van der Waals surface area (Å²) in [5.74, 6) is 8.09. The van der Waals surface area contributed by atoms with Crippen molar-refractivity contribution in [1.29, 1.82) is 0 Å². The van der Waals surface area contributed by atoms with Gasteiger partial charge < -0.3 is 14.0 Å². The van der Waals surface area contributed by atoms with Gasteiger partial charge in [-0.05, 0) is 24.1 Å². The van der Waals surface area contributed by atoms with Crippen molar-refractivity contribution in [3.05, 3.63) is 58.5 Å². The van der Waals surface area contributed by atoms with E-state index in [2.05, 4.69) is 37.2 Å². The monoisotopic (exact) mass is 421 g/mol. The average molecular weight is 422 g/mol. The van der Waals surface area contributed by atoms with Crippen LogP contribution in [0.3, 0.4) is 0 Å². The summed E-state index contributed by atoms with van der Waals surface area (Å²) in [7, 11) is 3.18. The van der Waals surface area contributed by atoms with Gasteiger partial charge in [0.1, 0.15) is 24.2 Å². The highest BCUT2D eigenvalue weighted by Crippen LogP contribution is 2.34. The summed E-state index contributed by atoms with van der Waals surface area (Å²) < 4.78 is 14.5. The summed E-state index contributed by atoms with van der Waals surface area (Å²) in [5.41, 5.74) is 3.98. The molecule has 1 aliphatic rings. The van der Waals surface area contributed by atoms with E-state index in [0.717, 1.165) is 22.8 Å². The summed E-state index contributed by atoms with van der Waals surface area (Å²) in [6.07, 6.45) is 3.45. The Morgan fingerprint density at radius 2 is 2.13 bits per heavy atom. The first-order valence-corrected chi connectivity index (χ1v) is 9.44. The molecule has 30 heavy (non-hydrogen) atoms. The van der Waals surface area contributed by atoms with Crippen LogP contribution in [0.25, 0.3) is 17.1 Å². The van der Waals surface area contributed by atoms with Gasteiger partial charge in [0.25, 0.3) is 0 Å². The molecule has 0 atom stereocenters. The zero-order valence-electron chi connectivity index (χ0n) is 16.2. The zero-order valence-corrected chi connectivity index (χ0v) is 16.9. The van der Waals surface area contributed by atoms with Gasteiger partial charge in [0, 0.05) is 23.9 Å². The van der Waals surface area contributed by atoms with Crippen molar-refractivity contribution in [2.45, 2.75) is 13.2 Å². The predicted molar refractivity (Wildman–Crippen MR) is 109 cm³/mol. The predicted octanol–water partition coefficient (Wildman–Crippen LogP) is 2.42. The molecular formula is C20H16ClN7O2. The van der Waals surface area contributed by atoms with Crippen molar-refractivity contribution in [2.75, 3.05) is 14.2 Å². The number of H-pyrrole nitrogens is 1. The highest BCUT2D eigenvalue weighted by molar-refractivity contribution is 6.31. The van der Waals surface area contributed by atoms with Crippen LogP contribution >= 0.6 is 11.6 Å². The van der Waals surface area contributed by atoms with E-state index < -0.39 is 0 Å². The molecule has 1 aromatic carbocycles. The van der Waals surface area contributed by atoms with Crippen molar-refractivity contribution in [3.8, 4) is 34.8 Å². The van der Waals surface area contributed by atoms with Crippen LogP contribution in [0, 0.1) is 11.8 Å². The van der Waals surface area contributed by atoms with Gasteiger partial charge in [0.15, 0.2) is 11.6 Å². The fourth-order valence-electron chi connectivity index (χ4n) is 3.47. The molecule has 0 radical (unpaired) electrons. The quantitative estimate of drug-likeness (QED) is 0.449. The molecule has 0 fully saturated rings. The second kappa shape index (κ2) is 7.33. The third-order valence-electron chi connectivity index (χ3n) is 4.85. The Morgan fingerprint density at radius 3 is 2.97 bits per heavy atom. The molecule has 4 aromatic rings. The smallest absolute Gasteiger partial charge is 0.248 e. The van der Waals surface area contributed by atoms with Crippen LogP contribution in [-0.2, 0) is 17.9 Å². The largest absolute Gasteiger partial charge is 0.479 e. The highest BCUT2D eigenvalue weighted by Gasteiger charge is 2.25. The number of hydrogen-bond donors (Lipinski definition) is 1. The molecule has 1 N–H and O–H groups in total. The molecule has 0 spiro atoms. The van der Waals surface area contributed by atoms with Crippen LogP contribution in [0.5, 0.6) is 5.88 Å². The number of fused-ring (bicyclic) bond motifs is 5. The fourth-order valence-corrected chi connectivity index (χ4v) is 3.64. The van der Waals surface area contributed by atoms with Crippen molar-refractivity contribution >= 4 is 11.6 Å². The summed E-state index contributed by atoms with van der Waals surface area (Å²) in [6, 6.07) is 5.66. The molecule has 5 rings (SSSR count). The molecule has 9 nitrogen and oxygen atoms in total. The first-order valence-electron chi connectivity index (χ1n) is 9.07. The number of aromatic nitrogens is 7. The van der Waals surface area contributed by atoms with Crippen molar-refractivity contribution in [1.82, 2.24) is 34.5 Å². The number of ether oxygens (including phenoxy) is 2. The lowest BCUT2D eigenvalue weighted by Crippen LogP contribution is -2.09. The third-order valence-corrected chi connectivity index (χ3v) is 5.08. The SMILES string of the molecule is COCc1nnc2n1Cc1c(C#Cc3c[nH]nc3OC)ncn1-c1ccc(Cl)cc1-2. The molecule has 0 saturated carbocycles. The van der Waals surface area contributed by atoms with Crippen LogP contribution in [0.4, 0.5) is 0 Å². The maximum absolute atomic E-state index is 6.28. The van der Waals surface area contributed by atoms with Gasteiger partial charge in [-0.2, -0.15) is 0 Å². The molecule has 0 saturated heterocycles. The van der Waals surface area contributed by atoms with Crippen LogP contribution in [0.1, 0.15) is 22.8 Å². The standard InChI is InChI=1S/C20H16ClN7O2/c1-29-10-18-24-25-19-14-7-13(21)4-6-16(14)28-11-22-15(17(28)9-27(18)19)5-3-12-8-23-26-20(12)30-2/h4,6-8,11H,9-10H2,1-2H3,(H,23,26). The molecule has 0 aliphatic carbocycles. The van der Waals surface area contributed by atoms with Gasteiger partial charge in [0.05, 0.1) is 25.0 Å². The normalized spacial score (nSPS) is 11.7. The van der Waals surface area contributed by atoms with Crippen LogP contribution < -0.4 is 4.74 Å². The van der Waals surface area contributed by atoms with E-state index in [-0.39, 0.29) is 0 Å². The maximum atomic E-state index is 6.28. The number of imidazole rings is 1. The lowest BCUT2D eigenvalue weighted by molar-refractivity contribution is 0.174. The van der Waals surface area contributed by atoms with Gasteiger partial charge in [-0.1, -0.05) is 17.5 Å². The van der Waals surface area contributed by atoms with Crippen molar-refractivity contribution < 1.29 is 9.47 Å². The minimum Gasteiger partial charge on any atom is -0.479 e. The summed E-state index contributed by atoms with van der Waals surface area (Å²) in [4.78, 5) is 4.55. The number of methoxy groups -OCH3 is 2. The van der Waals surface area contributed by atoms with E-state index in [9.17, 15) is 0 Å². The number of rotatable bonds is 3. The molecule has 10 heteroatoms. The van der Waals surface area contributed by atoms with Gasteiger partial charge >= 0.3 is 0 Å². The lowest BCUT2D eigenvalue weighted by Gasteiger charge is -2.08. The second-order valence-electron chi connectivity index (χ2n) is 6.59. The van der Waals surface area contributed by atoms with Gasteiger partial charge in [-0.3, -0.25) is 9.67 Å². The first kappa shape index (κ1) is 18.4. The number of aromatic amines is 1. The third kappa shape index (κ3) is 2.94. The van der Waals surface area contributed by atoms with Crippen LogP contribution in [0.15, 0.2) is 30.7 Å². The molecule has 1 aliphatic heterocycles. The van der Waals surface area contributed by atoms with Crippen LogP contribution in [-0.4, -0.2) is 48.7 Å². The van der Waals surface area contributed by atoms with Crippen LogP contribution in [0.2, 0.25) is 5.02 Å². The minimum atomic E-state index is 0.338. The van der Waals surface area contributed by atoms with Gasteiger partial charge in [0.2, 0.25) is 5.88 Å². The molecule has 0 unspecified atom stereocenters. The zero-order chi connectivity index (χ0) is 20.7. The second-order valence-corrected chi connectivity index (χ2v) is 7.02. The minimum absolute atomic E-state index is 0.338. The molecular weight excluding hydrogens is 406 g/mol. The summed E-state index contributed by atoms with van der Waals surface area (Å²) >= 11 is 6.28. The maximum Gasteiger partial charge on any atom is 0.248 e. The Bertz CT molecular complexity index is 1310. The molecule has 0 bridgehead atoms. The number of nitrogens with one attached hydrogen (secondary N) is 1. The highest BCUT2D eigenvalue weighted by atomic mass is 35.5. The average Bonchev–Trinajstić information content (AvgIpc) is 3.45.